The summed E-state index contributed by atoms with van der Waals surface area (Å²) in [6.45, 7) is 7.76. The molecule has 0 bridgehead atoms. The van der Waals surface area contributed by atoms with Crippen LogP contribution in [0.1, 0.15) is 38.7 Å². The second-order valence-corrected chi connectivity index (χ2v) is 7.41. The summed E-state index contributed by atoms with van der Waals surface area (Å²) < 4.78 is 5.16. The molecule has 0 saturated carbocycles. The van der Waals surface area contributed by atoms with Crippen molar-refractivity contribution in [3.8, 4) is 0 Å². The molecule has 2 rings (SSSR count). The van der Waals surface area contributed by atoms with E-state index in [4.69, 9.17) is 9.73 Å². The molecular weight excluding hydrogens is 352 g/mol. The van der Waals surface area contributed by atoms with Crippen LogP contribution in [0.15, 0.2) is 29.3 Å². The Bertz CT molecular complexity index is 620. The van der Waals surface area contributed by atoms with Gasteiger partial charge in [0, 0.05) is 46.0 Å². The Balaban J connectivity index is 1.81. The van der Waals surface area contributed by atoms with Crippen molar-refractivity contribution in [3.05, 3.63) is 29.8 Å². The average Bonchev–Trinajstić information content (AvgIpc) is 2.71. The highest BCUT2D eigenvalue weighted by molar-refractivity contribution is 5.80. The van der Waals surface area contributed by atoms with E-state index in [1.54, 1.807) is 0 Å². The number of ether oxygens (including phenoxy) is 1. The van der Waals surface area contributed by atoms with Gasteiger partial charge >= 0.3 is 5.97 Å². The molecule has 1 aliphatic rings. The van der Waals surface area contributed by atoms with Crippen LogP contribution in [-0.2, 0) is 16.0 Å². The molecular formula is C22H36N4O2. The number of carbonyl (C=O) groups excluding carboxylic acids is 1. The average molecular weight is 389 g/mol. The lowest BCUT2D eigenvalue weighted by Gasteiger charge is -2.33. The van der Waals surface area contributed by atoms with Crippen molar-refractivity contribution in [1.29, 1.82) is 0 Å². The quantitative estimate of drug-likeness (QED) is 0.321. The van der Waals surface area contributed by atoms with E-state index in [9.17, 15) is 4.79 Å². The number of benzene rings is 1. The summed E-state index contributed by atoms with van der Waals surface area (Å²) >= 11 is 0. The Morgan fingerprint density at radius 1 is 1.21 bits per heavy atom. The number of guanidine groups is 1. The van der Waals surface area contributed by atoms with E-state index in [2.05, 4.69) is 60.4 Å². The summed E-state index contributed by atoms with van der Waals surface area (Å²) in [7, 11) is 4.11. The molecule has 1 fully saturated rings. The second-order valence-electron chi connectivity index (χ2n) is 7.41. The minimum absolute atomic E-state index is 0.0317. The summed E-state index contributed by atoms with van der Waals surface area (Å²) in [4.78, 5) is 21.1. The first-order chi connectivity index (χ1) is 13.5. The van der Waals surface area contributed by atoms with E-state index in [1.165, 1.54) is 11.3 Å². The largest absolute Gasteiger partial charge is 0.466 e. The van der Waals surface area contributed by atoms with Gasteiger partial charge in [-0.2, -0.15) is 0 Å². The summed E-state index contributed by atoms with van der Waals surface area (Å²) in [5.74, 6) is 0.946. The Morgan fingerprint density at radius 2 is 1.89 bits per heavy atom. The number of likely N-dealkylation sites (tertiary alicyclic amines) is 1. The predicted octanol–water partition coefficient (Wildman–Crippen LogP) is 2.93. The van der Waals surface area contributed by atoms with E-state index in [0.717, 1.165) is 57.8 Å². The molecule has 0 unspecified atom stereocenters. The van der Waals surface area contributed by atoms with Gasteiger partial charge in [0.15, 0.2) is 5.96 Å². The first-order valence-corrected chi connectivity index (χ1v) is 10.5. The minimum Gasteiger partial charge on any atom is -0.466 e. The Labute approximate surface area is 170 Å². The maximum Gasteiger partial charge on any atom is 0.309 e. The summed E-state index contributed by atoms with van der Waals surface area (Å²) in [5.41, 5.74) is 2.57. The Hall–Kier alpha value is -2.24. The van der Waals surface area contributed by atoms with Crippen molar-refractivity contribution < 1.29 is 9.53 Å². The molecule has 1 saturated heterocycles. The van der Waals surface area contributed by atoms with Crippen molar-refractivity contribution in [1.82, 2.24) is 10.2 Å². The van der Waals surface area contributed by atoms with Crippen LogP contribution in [0, 0.1) is 5.92 Å². The molecule has 0 amide bonds. The van der Waals surface area contributed by atoms with Gasteiger partial charge in [0.25, 0.3) is 0 Å². The topological polar surface area (TPSA) is 57.2 Å². The van der Waals surface area contributed by atoms with Crippen molar-refractivity contribution in [2.75, 3.05) is 51.8 Å². The molecule has 6 nitrogen and oxygen atoms in total. The maximum absolute atomic E-state index is 11.9. The standard InChI is InChI=1S/C22H36N4O2/c1-5-23-22(26-16-13-19(14-17-26)21(27)28-6-2)24-15-7-8-18-9-11-20(12-10-18)25(3)4/h9-12,19H,5-8,13-17H2,1-4H3,(H,23,24). The number of hydrogen-bond acceptors (Lipinski definition) is 4. The molecule has 1 aromatic carbocycles. The molecule has 1 aliphatic heterocycles. The van der Waals surface area contributed by atoms with Gasteiger partial charge in [-0.1, -0.05) is 12.1 Å². The zero-order valence-electron chi connectivity index (χ0n) is 17.9. The number of piperidine rings is 1. The fourth-order valence-corrected chi connectivity index (χ4v) is 3.44. The number of hydrogen-bond donors (Lipinski definition) is 1. The molecule has 0 aliphatic carbocycles. The van der Waals surface area contributed by atoms with Crippen LogP contribution in [0.3, 0.4) is 0 Å². The number of anilines is 1. The Morgan fingerprint density at radius 3 is 2.46 bits per heavy atom. The molecule has 0 aromatic heterocycles. The zero-order valence-corrected chi connectivity index (χ0v) is 17.9. The SMILES string of the molecule is CCNC(=NCCCc1ccc(N(C)C)cc1)N1CCC(C(=O)OCC)CC1. The van der Waals surface area contributed by atoms with E-state index in [1.807, 2.05) is 6.92 Å². The van der Waals surface area contributed by atoms with Crippen LogP contribution >= 0.6 is 0 Å². The third kappa shape index (κ3) is 6.73. The molecule has 28 heavy (non-hydrogen) atoms. The van der Waals surface area contributed by atoms with Gasteiger partial charge in [-0.25, -0.2) is 0 Å². The third-order valence-corrected chi connectivity index (χ3v) is 5.09. The van der Waals surface area contributed by atoms with Gasteiger partial charge in [-0.15, -0.1) is 0 Å². The number of esters is 1. The summed E-state index contributed by atoms with van der Waals surface area (Å²) in [6, 6.07) is 8.72. The lowest BCUT2D eigenvalue weighted by molar-refractivity contribution is -0.149. The molecule has 0 radical (unpaired) electrons. The number of aliphatic imine (C=N–C) groups is 1. The third-order valence-electron chi connectivity index (χ3n) is 5.09. The first kappa shape index (κ1) is 22.1. The smallest absolute Gasteiger partial charge is 0.309 e. The van der Waals surface area contributed by atoms with Crippen LogP contribution in [0.5, 0.6) is 0 Å². The highest BCUT2D eigenvalue weighted by atomic mass is 16.5. The molecule has 1 aromatic rings. The van der Waals surface area contributed by atoms with Crippen LogP contribution in [0.4, 0.5) is 5.69 Å². The van der Waals surface area contributed by atoms with Crippen LogP contribution in [0.25, 0.3) is 0 Å². The van der Waals surface area contributed by atoms with Crippen LogP contribution in [-0.4, -0.2) is 63.7 Å². The predicted molar refractivity (Wildman–Crippen MR) is 116 cm³/mol. The summed E-state index contributed by atoms with van der Waals surface area (Å²) in [6.07, 6.45) is 3.72. The van der Waals surface area contributed by atoms with Gasteiger partial charge < -0.3 is 19.9 Å². The normalized spacial score (nSPS) is 15.4. The van der Waals surface area contributed by atoms with E-state index in [-0.39, 0.29) is 11.9 Å². The first-order valence-electron chi connectivity index (χ1n) is 10.5. The lowest BCUT2D eigenvalue weighted by Crippen LogP contribution is -2.46. The minimum atomic E-state index is -0.0515. The lowest BCUT2D eigenvalue weighted by atomic mass is 9.97. The molecule has 6 heteroatoms. The number of nitrogens with one attached hydrogen (secondary N) is 1. The highest BCUT2D eigenvalue weighted by Crippen LogP contribution is 2.19. The summed E-state index contributed by atoms with van der Waals surface area (Å²) in [5, 5.41) is 3.39. The van der Waals surface area contributed by atoms with Gasteiger partial charge in [0.2, 0.25) is 0 Å². The van der Waals surface area contributed by atoms with Gasteiger partial charge in [-0.3, -0.25) is 9.79 Å². The number of aryl methyl sites for hydroxylation is 1. The van der Waals surface area contributed by atoms with Gasteiger partial charge in [-0.05, 0) is 57.2 Å². The van der Waals surface area contributed by atoms with Gasteiger partial charge in [0.05, 0.1) is 12.5 Å². The number of rotatable bonds is 8. The fraction of sp³-hybridized carbons (Fsp3) is 0.636. The molecule has 1 N–H and O–H groups in total. The maximum atomic E-state index is 11.9. The van der Waals surface area contributed by atoms with Crippen LogP contribution in [0.2, 0.25) is 0 Å². The monoisotopic (exact) mass is 388 g/mol. The second kappa shape index (κ2) is 11.6. The number of carbonyl (C=O) groups is 1. The van der Waals surface area contributed by atoms with E-state index >= 15 is 0 Å². The molecule has 0 spiro atoms. The van der Waals surface area contributed by atoms with Crippen molar-refractivity contribution >= 4 is 17.6 Å². The molecule has 156 valence electrons. The van der Waals surface area contributed by atoms with Crippen LogP contribution < -0.4 is 10.2 Å². The Kier molecular flexibility index (Phi) is 9.11. The van der Waals surface area contributed by atoms with Gasteiger partial charge in [0.1, 0.15) is 0 Å². The fourth-order valence-electron chi connectivity index (χ4n) is 3.44. The van der Waals surface area contributed by atoms with E-state index < -0.39 is 0 Å². The highest BCUT2D eigenvalue weighted by Gasteiger charge is 2.27. The van der Waals surface area contributed by atoms with Crippen molar-refractivity contribution in [2.24, 2.45) is 10.9 Å². The molecule has 0 atom stereocenters. The zero-order chi connectivity index (χ0) is 20.4. The van der Waals surface area contributed by atoms with Crippen molar-refractivity contribution in [2.45, 2.75) is 39.5 Å². The van der Waals surface area contributed by atoms with Crippen molar-refractivity contribution in [3.63, 3.8) is 0 Å². The number of nitrogens with zero attached hydrogens (tertiary/aromatic N) is 3. The van der Waals surface area contributed by atoms with E-state index in [0.29, 0.717) is 6.61 Å². The molecule has 1 heterocycles.